The Labute approximate surface area is 123 Å². The van der Waals surface area contributed by atoms with E-state index in [2.05, 4.69) is 22.6 Å². The first kappa shape index (κ1) is 15.6. The minimum atomic E-state index is -1.11. The van der Waals surface area contributed by atoms with Gasteiger partial charge in [0.1, 0.15) is 6.54 Å². The molecule has 3 amide bonds. The smallest absolute Gasteiger partial charge is 0.322 e. The zero-order chi connectivity index (χ0) is 15.4. The molecule has 0 aromatic rings. The van der Waals surface area contributed by atoms with Gasteiger partial charge in [0.15, 0.2) is 0 Å². The lowest BCUT2D eigenvalue weighted by molar-refractivity contribution is -0.137. The molecule has 2 heterocycles. The highest BCUT2D eigenvalue weighted by atomic mass is 16.4. The Hall–Kier alpha value is -1.83. The highest BCUT2D eigenvalue weighted by molar-refractivity contribution is 5.86. The molecule has 2 fully saturated rings. The molecule has 0 spiro atoms. The van der Waals surface area contributed by atoms with Crippen LogP contribution in [0.1, 0.15) is 19.3 Å². The first-order chi connectivity index (χ1) is 9.97. The Morgan fingerprint density at radius 2 is 1.81 bits per heavy atom. The summed E-state index contributed by atoms with van der Waals surface area (Å²) in [7, 11) is 2.10. The van der Waals surface area contributed by atoms with E-state index in [9.17, 15) is 14.4 Å². The van der Waals surface area contributed by atoms with E-state index in [0.29, 0.717) is 25.2 Å². The molecule has 118 valence electrons. The van der Waals surface area contributed by atoms with Crippen LogP contribution in [0.3, 0.4) is 0 Å². The van der Waals surface area contributed by atoms with Crippen LogP contribution < -0.4 is 10.6 Å². The molecule has 0 aromatic carbocycles. The molecule has 0 saturated carbocycles. The van der Waals surface area contributed by atoms with Crippen molar-refractivity contribution in [3.63, 3.8) is 0 Å². The van der Waals surface area contributed by atoms with Gasteiger partial charge in [-0.2, -0.15) is 0 Å². The van der Waals surface area contributed by atoms with Crippen molar-refractivity contribution in [2.75, 3.05) is 33.2 Å². The van der Waals surface area contributed by atoms with E-state index in [1.54, 1.807) is 4.90 Å². The minimum absolute atomic E-state index is 0.202. The number of likely N-dealkylation sites (N-methyl/N-ethyl adjacent to an activating group) is 1. The lowest BCUT2D eigenvalue weighted by Gasteiger charge is -2.25. The number of nitrogens with one attached hydrogen (secondary N) is 2. The van der Waals surface area contributed by atoms with Crippen LogP contribution in [0.5, 0.6) is 0 Å². The summed E-state index contributed by atoms with van der Waals surface area (Å²) < 4.78 is 0. The number of carboxylic acid groups (broad SMARTS) is 1. The Kier molecular flexibility index (Phi) is 5.00. The number of rotatable bonds is 4. The number of carboxylic acids is 1. The van der Waals surface area contributed by atoms with Crippen LogP contribution in [-0.2, 0) is 9.59 Å². The third kappa shape index (κ3) is 4.07. The molecule has 8 heteroatoms. The molecule has 0 aliphatic carbocycles. The number of likely N-dealkylation sites (tertiary alicyclic amines) is 1. The maximum absolute atomic E-state index is 12.1. The fraction of sp³-hybridized carbons (Fsp3) is 0.769. The monoisotopic (exact) mass is 298 g/mol. The summed E-state index contributed by atoms with van der Waals surface area (Å²) in [5.74, 6) is -1.61. The van der Waals surface area contributed by atoms with E-state index in [4.69, 9.17) is 5.11 Å². The quantitative estimate of drug-likeness (QED) is 0.622. The number of carbonyl (C=O) groups is 3. The zero-order valence-electron chi connectivity index (χ0n) is 12.2. The summed E-state index contributed by atoms with van der Waals surface area (Å²) in [5, 5.41) is 13.2. The van der Waals surface area contributed by atoms with Crippen LogP contribution in [0, 0.1) is 0 Å². The summed E-state index contributed by atoms with van der Waals surface area (Å²) in [6.07, 6.45) is 3.24. The van der Waals surface area contributed by atoms with Gasteiger partial charge < -0.3 is 20.6 Å². The van der Waals surface area contributed by atoms with E-state index < -0.39 is 18.4 Å². The van der Waals surface area contributed by atoms with Gasteiger partial charge in [0.2, 0.25) is 5.91 Å². The minimum Gasteiger partial charge on any atom is -0.480 e. The zero-order valence-corrected chi connectivity index (χ0v) is 12.2. The molecule has 2 rings (SSSR count). The van der Waals surface area contributed by atoms with Crippen LogP contribution in [0.2, 0.25) is 0 Å². The van der Waals surface area contributed by atoms with Gasteiger partial charge in [-0.1, -0.05) is 0 Å². The fourth-order valence-electron chi connectivity index (χ4n) is 3.00. The fourth-order valence-corrected chi connectivity index (χ4v) is 3.00. The standard InChI is InChI=1S/C13H22N4O4/c1-16-9-2-3-10(16)8-17(5-4-9)13(21)15-6-11(18)14-7-12(19)20/h9-10H,2-8H2,1H3,(H,14,18)(H,15,21)(H,19,20). The molecule has 2 aliphatic heterocycles. The molecule has 2 saturated heterocycles. The van der Waals surface area contributed by atoms with Crippen LogP contribution in [0.15, 0.2) is 0 Å². The Morgan fingerprint density at radius 3 is 2.52 bits per heavy atom. The molecule has 2 aliphatic rings. The lowest BCUT2D eigenvalue weighted by Crippen LogP contribution is -2.47. The molecule has 2 bridgehead atoms. The lowest BCUT2D eigenvalue weighted by atomic mass is 10.1. The van der Waals surface area contributed by atoms with Crippen molar-refractivity contribution in [3.05, 3.63) is 0 Å². The van der Waals surface area contributed by atoms with Crippen LogP contribution in [0.4, 0.5) is 4.79 Å². The van der Waals surface area contributed by atoms with E-state index in [1.807, 2.05) is 0 Å². The van der Waals surface area contributed by atoms with Crippen LogP contribution in [0.25, 0.3) is 0 Å². The third-order valence-corrected chi connectivity index (χ3v) is 4.27. The summed E-state index contributed by atoms with van der Waals surface area (Å²) in [4.78, 5) is 37.8. The van der Waals surface area contributed by atoms with Crippen molar-refractivity contribution >= 4 is 17.9 Å². The predicted octanol–water partition coefficient (Wildman–Crippen LogP) is -0.935. The molecule has 0 radical (unpaired) electrons. The largest absolute Gasteiger partial charge is 0.480 e. The van der Waals surface area contributed by atoms with Gasteiger partial charge in [-0.15, -0.1) is 0 Å². The first-order valence-corrected chi connectivity index (χ1v) is 7.20. The highest BCUT2D eigenvalue weighted by Gasteiger charge is 2.35. The number of urea groups is 1. The number of hydrogen-bond acceptors (Lipinski definition) is 4. The van der Waals surface area contributed by atoms with Crippen LogP contribution >= 0.6 is 0 Å². The Balaban J connectivity index is 1.76. The van der Waals surface area contributed by atoms with E-state index in [-0.39, 0.29) is 12.6 Å². The number of hydrogen-bond donors (Lipinski definition) is 3. The molecular formula is C13H22N4O4. The van der Waals surface area contributed by atoms with Crippen molar-refractivity contribution in [1.29, 1.82) is 0 Å². The molecule has 3 N–H and O–H groups in total. The summed E-state index contributed by atoms with van der Waals surface area (Å²) in [6.45, 7) is 0.725. The Bertz CT molecular complexity index is 428. The van der Waals surface area contributed by atoms with Crippen molar-refractivity contribution in [1.82, 2.24) is 20.4 Å². The molecule has 0 aromatic heterocycles. The van der Waals surface area contributed by atoms with E-state index in [0.717, 1.165) is 12.8 Å². The van der Waals surface area contributed by atoms with Gasteiger partial charge in [-0.3, -0.25) is 14.5 Å². The number of nitrogens with zero attached hydrogens (tertiary/aromatic N) is 2. The van der Waals surface area contributed by atoms with Crippen LogP contribution in [-0.4, -0.2) is 78.1 Å². The van der Waals surface area contributed by atoms with Crippen molar-refractivity contribution in [2.24, 2.45) is 0 Å². The van der Waals surface area contributed by atoms with Gasteiger partial charge in [0, 0.05) is 25.2 Å². The number of fused-ring (bicyclic) bond motifs is 2. The second-order valence-corrected chi connectivity index (χ2v) is 5.61. The number of carbonyl (C=O) groups excluding carboxylic acids is 2. The number of amides is 3. The van der Waals surface area contributed by atoms with Gasteiger partial charge >= 0.3 is 12.0 Å². The van der Waals surface area contributed by atoms with Gasteiger partial charge in [-0.05, 0) is 26.3 Å². The summed E-state index contributed by atoms with van der Waals surface area (Å²) >= 11 is 0. The van der Waals surface area contributed by atoms with Crippen molar-refractivity contribution in [3.8, 4) is 0 Å². The average molecular weight is 298 g/mol. The number of aliphatic carboxylic acids is 1. The van der Waals surface area contributed by atoms with E-state index in [1.165, 1.54) is 6.42 Å². The van der Waals surface area contributed by atoms with Gasteiger partial charge in [0.25, 0.3) is 0 Å². The topological polar surface area (TPSA) is 102 Å². The molecule has 8 nitrogen and oxygen atoms in total. The van der Waals surface area contributed by atoms with E-state index >= 15 is 0 Å². The second kappa shape index (κ2) is 6.75. The maximum Gasteiger partial charge on any atom is 0.322 e. The van der Waals surface area contributed by atoms with Crippen molar-refractivity contribution < 1.29 is 19.5 Å². The molecule has 2 unspecified atom stereocenters. The molecule has 2 atom stereocenters. The summed E-state index contributed by atoms with van der Waals surface area (Å²) in [5.41, 5.74) is 0. The predicted molar refractivity (Wildman–Crippen MR) is 74.8 cm³/mol. The normalized spacial score (nSPS) is 25.3. The van der Waals surface area contributed by atoms with Gasteiger partial charge in [0.05, 0.1) is 6.54 Å². The first-order valence-electron chi connectivity index (χ1n) is 7.20. The second-order valence-electron chi connectivity index (χ2n) is 5.61. The Morgan fingerprint density at radius 1 is 1.10 bits per heavy atom. The third-order valence-electron chi connectivity index (χ3n) is 4.27. The average Bonchev–Trinajstić information content (AvgIpc) is 2.67. The molecule has 21 heavy (non-hydrogen) atoms. The highest BCUT2D eigenvalue weighted by Crippen LogP contribution is 2.28. The SMILES string of the molecule is CN1C2CCC1CN(C(=O)NCC(=O)NCC(=O)O)CC2. The molecular weight excluding hydrogens is 276 g/mol. The maximum atomic E-state index is 12.1. The van der Waals surface area contributed by atoms with Gasteiger partial charge in [-0.25, -0.2) is 4.79 Å². The summed E-state index contributed by atoms with van der Waals surface area (Å²) in [6, 6.07) is 0.678. The van der Waals surface area contributed by atoms with Crippen molar-refractivity contribution in [2.45, 2.75) is 31.3 Å².